The topological polar surface area (TPSA) is 174 Å². The SMILES string of the molecule is CC(C)C[C@@H]1NC(=O)[C@@H](N(C)C(=O)[C@H](O)NC(=O)OC(C)(C)C)CCCCCCCN(C)C(=O)[C@H](Cc2cc(Cl)ccc2-c2ccc(N3CCOCC3)cn2)N(C)C1=O. The summed E-state index contributed by atoms with van der Waals surface area (Å²) < 4.78 is 10.7. The van der Waals surface area contributed by atoms with Crippen LogP contribution in [0.3, 0.4) is 0 Å². The number of hydrogen-bond donors (Lipinski definition) is 3. The Morgan fingerprint density at radius 3 is 2.34 bits per heavy atom. The molecule has 2 aliphatic rings. The number of morpholine rings is 1. The van der Waals surface area contributed by atoms with Crippen molar-refractivity contribution in [2.75, 3.05) is 58.9 Å². The zero-order chi connectivity index (χ0) is 43.4. The van der Waals surface area contributed by atoms with E-state index in [1.807, 2.05) is 38.2 Å². The molecule has 15 nitrogen and oxygen atoms in total. The second-order valence-electron chi connectivity index (χ2n) is 17.0. The van der Waals surface area contributed by atoms with Crippen molar-refractivity contribution < 1.29 is 38.6 Å². The second-order valence-corrected chi connectivity index (χ2v) is 17.4. The van der Waals surface area contributed by atoms with Gasteiger partial charge in [0.25, 0.3) is 5.91 Å². The maximum atomic E-state index is 14.6. The lowest BCUT2D eigenvalue weighted by Crippen LogP contribution is -2.59. The van der Waals surface area contributed by atoms with Gasteiger partial charge in [-0.2, -0.15) is 0 Å². The molecule has 0 unspecified atom stereocenters. The standard InChI is InChI=1S/C43H64ClN7O8/c1-28(2)24-34-39(54)50(8)36(26-29-25-30(44)15-17-32(29)33-18-16-31(27-45-33)51-20-22-58-23-21-51)40(55)48(6)19-13-11-9-10-12-14-35(37(52)46-34)49(7)41(56)38(53)47-42(57)59-43(3,4)5/h15-18,25,27-28,34-36,38,53H,9-14,19-24,26H2,1-8H3,(H,46,52)(H,47,57)/t34-,35-,36-,38-/m0/s1. The highest BCUT2D eigenvalue weighted by atomic mass is 35.5. The van der Waals surface area contributed by atoms with E-state index < -0.39 is 53.8 Å². The van der Waals surface area contributed by atoms with Crippen molar-refractivity contribution in [2.45, 2.75) is 116 Å². The van der Waals surface area contributed by atoms with Gasteiger partial charge in [-0.25, -0.2) is 4.79 Å². The molecule has 4 atom stereocenters. The summed E-state index contributed by atoms with van der Waals surface area (Å²) in [5, 5.41) is 16.2. The highest BCUT2D eigenvalue weighted by molar-refractivity contribution is 6.30. The van der Waals surface area contributed by atoms with Gasteiger partial charge in [-0.05, 0) is 75.8 Å². The van der Waals surface area contributed by atoms with Gasteiger partial charge in [0.1, 0.15) is 23.7 Å². The first-order valence-electron chi connectivity index (χ1n) is 20.7. The van der Waals surface area contributed by atoms with E-state index >= 15 is 0 Å². The Balaban J connectivity index is 1.65. The number of anilines is 1. The summed E-state index contributed by atoms with van der Waals surface area (Å²) >= 11 is 6.58. The molecular formula is C43H64ClN7O8. The van der Waals surface area contributed by atoms with Gasteiger partial charge < -0.3 is 39.5 Å². The van der Waals surface area contributed by atoms with E-state index in [0.717, 1.165) is 60.5 Å². The van der Waals surface area contributed by atoms with Gasteiger partial charge in [0.15, 0.2) is 0 Å². The molecule has 326 valence electrons. The highest BCUT2D eigenvalue weighted by Gasteiger charge is 2.38. The fourth-order valence-corrected chi connectivity index (χ4v) is 7.60. The minimum absolute atomic E-state index is 0.0382. The number of aromatic nitrogens is 1. The average Bonchev–Trinajstić information content (AvgIpc) is 3.18. The summed E-state index contributed by atoms with van der Waals surface area (Å²) in [4.78, 5) is 80.3. The Labute approximate surface area is 354 Å². The first-order chi connectivity index (χ1) is 27.9. The molecule has 2 aliphatic heterocycles. The Kier molecular flexibility index (Phi) is 17.4. The molecule has 0 bridgehead atoms. The number of hydrogen-bond acceptors (Lipinski definition) is 10. The number of aliphatic hydroxyl groups is 1. The summed E-state index contributed by atoms with van der Waals surface area (Å²) in [5.74, 6) is -2.26. The number of nitrogens with one attached hydrogen (secondary N) is 2. The predicted octanol–water partition coefficient (Wildman–Crippen LogP) is 4.62. The summed E-state index contributed by atoms with van der Waals surface area (Å²) in [7, 11) is 4.71. The van der Waals surface area contributed by atoms with Crippen LogP contribution >= 0.6 is 11.6 Å². The van der Waals surface area contributed by atoms with Crippen LogP contribution in [0.15, 0.2) is 36.5 Å². The number of aliphatic hydroxyl groups excluding tert-OH is 1. The number of benzene rings is 1. The van der Waals surface area contributed by atoms with E-state index in [1.54, 1.807) is 51.9 Å². The number of nitrogens with zero attached hydrogens (tertiary/aromatic N) is 5. The summed E-state index contributed by atoms with van der Waals surface area (Å²) in [6, 6.07) is 6.32. The molecule has 5 amide bonds. The third-order valence-electron chi connectivity index (χ3n) is 10.7. The number of carbonyl (C=O) groups is 5. The van der Waals surface area contributed by atoms with Gasteiger partial charge in [-0.1, -0.05) is 57.2 Å². The number of ether oxygens (including phenoxy) is 2. The molecule has 4 rings (SSSR count). The second kappa shape index (κ2) is 21.7. The fraction of sp³-hybridized carbons (Fsp3) is 0.628. The van der Waals surface area contributed by atoms with Gasteiger partial charge in [0.05, 0.1) is 30.8 Å². The van der Waals surface area contributed by atoms with Crippen LogP contribution in [0.25, 0.3) is 11.3 Å². The summed E-state index contributed by atoms with van der Waals surface area (Å²) in [5.41, 5.74) is 2.31. The molecule has 2 aromatic rings. The first-order valence-corrected chi connectivity index (χ1v) is 21.1. The predicted molar refractivity (Wildman–Crippen MR) is 227 cm³/mol. The van der Waals surface area contributed by atoms with Crippen LogP contribution in [-0.4, -0.2) is 138 Å². The lowest BCUT2D eigenvalue weighted by molar-refractivity contribution is -0.149. The Morgan fingerprint density at radius 1 is 1.02 bits per heavy atom. The van der Waals surface area contributed by atoms with E-state index in [9.17, 15) is 29.1 Å². The number of likely N-dealkylation sites (N-methyl/N-ethyl adjacent to an activating group) is 3. The van der Waals surface area contributed by atoms with Gasteiger partial charge >= 0.3 is 6.09 Å². The summed E-state index contributed by atoms with van der Waals surface area (Å²) in [6.07, 6.45) is 3.21. The molecule has 2 fully saturated rings. The molecule has 0 aliphatic carbocycles. The van der Waals surface area contributed by atoms with Crippen molar-refractivity contribution in [1.29, 1.82) is 0 Å². The van der Waals surface area contributed by atoms with Gasteiger partial charge in [-0.15, -0.1) is 0 Å². The van der Waals surface area contributed by atoms with Crippen molar-refractivity contribution >= 4 is 47.0 Å². The van der Waals surface area contributed by atoms with Gasteiger partial charge in [-0.3, -0.25) is 29.5 Å². The maximum Gasteiger partial charge on any atom is 0.410 e. The lowest BCUT2D eigenvalue weighted by Gasteiger charge is -2.35. The van der Waals surface area contributed by atoms with E-state index in [1.165, 1.54) is 11.9 Å². The number of rotatable bonds is 9. The van der Waals surface area contributed by atoms with Crippen molar-refractivity contribution in [3.05, 3.63) is 47.1 Å². The van der Waals surface area contributed by atoms with Crippen molar-refractivity contribution in [3.8, 4) is 11.3 Å². The molecule has 0 radical (unpaired) electrons. The van der Waals surface area contributed by atoms with Gasteiger partial charge in [0, 0.05) is 57.8 Å². The zero-order valence-corrected chi connectivity index (χ0v) is 36.7. The quantitative estimate of drug-likeness (QED) is 0.303. The van der Waals surface area contributed by atoms with E-state index in [4.69, 9.17) is 26.1 Å². The number of halogens is 1. The average molecular weight is 842 g/mol. The number of carbonyl (C=O) groups excluding carboxylic acids is 5. The van der Waals surface area contributed by atoms with Crippen molar-refractivity contribution in [3.63, 3.8) is 0 Å². The highest BCUT2D eigenvalue weighted by Crippen LogP contribution is 2.29. The molecule has 1 aromatic carbocycles. The van der Waals surface area contributed by atoms with E-state index in [0.29, 0.717) is 36.9 Å². The largest absolute Gasteiger partial charge is 0.444 e. The maximum absolute atomic E-state index is 14.6. The zero-order valence-electron chi connectivity index (χ0n) is 36.0. The number of amides is 5. The molecular weight excluding hydrogens is 778 g/mol. The smallest absolute Gasteiger partial charge is 0.410 e. The molecule has 3 N–H and O–H groups in total. The number of pyridine rings is 1. The lowest BCUT2D eigenvalue weighted by atomic mass is 9.95. The van der Waals surface area contributed by atoms with Crippen LogP contribution in [0.2, 0.25) is 5.02 Å². The minimum atomic E-state index is -1.97. The Bertz CT molecular complexity index is 1750. The van der Waals surface area contributed by atoms with Crippen LogP contribution in [0.4, 0.5) is 10.5 Å². The third kappa shape index (κ3) is 13.8. The first kappa shape index (κ1) is 47.2. The van der Waals surface area contributed by atoms with Crippen LogP contribution in [0.5, 0.6) is 0 Å². The monoisotopic (exact) mass is 841 g/mol. The fourth-order valence-electron chi connectivity index (χ4n) is 7.40. The van der Waals surface area contributed by atoms with Crippen molar-refractivity contribution in [2.24, 2.45) is 5.92 Å². The molecule has 0 spiro atoms. The van der Waals surface area contributed by atoms with Crippen LogP contribution in [0, 0.1) is 5.92 Å². The molecule has 1 aromatic heterocycles. The van der Waals surface area contributed by atoms with Crippen molar-refractivity contribution in [1.82, 2.24) is 30.3 Å². The minimum Gasteiger partial charge on any atom is -0.444 e. The van der Waals surface area contributed by atoms with E-state index in [2.05, 4.69) is 15.5 Å². The Morgan fingerprint density at radius 2 is 1.69 bits per heavy atom. The normalized spacial score (nSPS) is 21.2. The van der Waals surface area contributed by atoms with E-state index in [-0.39, 0.29) is 31.1 Å². The molecule has 2 saturated heterocycles. The van der Waals surface area contributed by atoms with Crippen LogP contribution < -0.4 is 15.5 Å². The molecule has 0 saturated carbocycles. The molecule has 16 heteroatoms. The molecule has 3 heterocycles. The van der Waals surface area contributed by atoms with Crippen LogP contribution in [-0.2, 0) is 35.1 Å². The van der Waals surface area contributed by atoms with Gasteiger partial charge in [0.2, 0.25) is 23.9 Å². The third-order valence-corrected chi connectivity index (χ3v) is 10.9. The Hall–Kier alpha value is -4.47. The summed E-state index contributed by atoms with van der Waals surface area (Å²) in [6.45, 7) is 12.1. The molecule has 59 heavy (non-hydrogen) atoms. The number of alkyl carbamates (subject to hydrolysis) is 1. The van der Waals surface area contributed by atoms with Crippen LogP contribution in [0.1, 0.15) is 85.1 Å².